The predicted octanol–water partition coefficient (Wildman–Crippen LogP) is 1.98. The van der Waals surface area contributed by atoms with Gasteiger partial charge in [0.05, 0.1) is 6.10 Å². The highest BCUT2D eigenvalue weighted by Crippen LogP contribution is 2.24. The number of nitrogens with one attached hydrogen (secondary N) is 1. The molecule has 2 rings (SSSR count). The Hall–Kier alpha value is -1.55. The summed E-state index contributed by atoms with van der Waals surface area (Å²) in [6.07, 6.45) is 3.48. The van der Waals surface area contributed by atoms with Gasteiger partial charge in [-0.3, -0.25) is 4.79 Å². The third-order valence-corrected chi connectivity index (χ3v) is 3.86. The second kappa shape index (κ2) is 6.06. The zero-order valence-corrected chi connectivity index (χ0v) is 11.2. The molecule has 1 aliphatic rings. The second-order valence-electron chi connectivity index (χ2n) is 5.35. The van der Waals surface area contributed by atoms with Crippen molar-refractivity contribution in [1.29, 1.82) is 0 Å². The molecule has 0 heterocycles. The van der Waals surface area contributed by atoms with Crippen molar-refractivity contribution < 1.29 is 15.0 Å². The molecule has 4 heteroatoms. The van der Waals surface area contributed by atoms with Crippen LogP contribution in [0.2, 0.25) is 0 Å². The zero-order chi connectivity index (χ0) is 13.8. The molecule has 104 valence electrons. The summed E-state index contributed by atoms with van der Waals surface area (Å²) in [6.45, 7) is 2.32. The lowest BCUT2D eigenvalue weighted by Crippen LogP contribution is -2.33. The van der Waals surface area contributed by atoms with Crippen molar-refractivity contribution in [2.45, 2.75) is 38.7 Å². The second-order valence-corrected chi connectivity index (χ2v) is 5.35. The van der Waals surface area contributed by atoms with Crippen LogP contribution in [0.4, 0.5) is 0 Å². The van der Waals surface area contributed by atoms with Gasteiger partial charge in [-0.05, 0) is 44.2 Å². The van der Waals surface area contributed by atoms with Crippen LogP contribution in [0.5, 0.6) is 5.75 Å². The minimum atomic E-state index is -0.224. The number of hydrogen-bond donors (Lipinski definition) is 3. The largest absolute Gasteiger partial charge is 0.508 e. The van der Waals surface area contributed by atoms with Crippen LogP contribution in [0.15, 0.2) is 18.2 Å². The highest BCUT2D eigenvalue weighted by Gasteiger charge is 2.21. The summed E-state index contributed by atoms with van der Waals surface area (Å²) in [6, 6.07) is 4.95. The molecule has 3 N–H and O–H groups in total. The van der Waals surface area contributed by atoms with Gasteiger partial charge in [-0.15, -0.1) is 0 Å². The maximum atomic E-state index is 12.1. The lowest BCUT2D eigenvalue weighted by atomic mass is 9.87. The van der Waals surface area contributed by atoms with E-state index in [0.29, 0.717) is 23.6 Å². The summed E-state index contributed by atoms with van der Waals surface area (Å²) in [5.74, 6) is 0.333. The Morgan fingerprint density at radius 3 is 2.95 bits per heavy atom. The topological polar surface area (TPSA) is 69.6 Å². The van der Waals surface area contributed by atoms with E-state index in [4.69, 9.17) is 0 Å². The molecular weight excluding hydrogens is 242 g/mol. The van der Waals surface area contributed by atoms with Gasteiger partial charge in [-0.25, -0.2) is 0 Å². The average molecular weight is 263 g/mol. The van der Waals surface area contributed by atoms with E-state index in [1.807, 2.05) is 0 Å². The van der Waals surface area contributed by atoms with E-state index in [0.717, 1.165) is 25.7 Å². The number of amides is 1. The fraction of sp³-hybridized carbons (Fsp3) is 0.533. The van der Waals surface area contributed by atoms with Gasteiger partial charge in [-0.2, -0.15) is 0 Å². The van der Waals surface area contributed by atoms with Crippen molar-refractivity contribution in [3.63, 3.8) is 0 Å². The van der Waals surface area contributed by atoms with Gasteiger partial charge >= 0.3 is 0 Å². The van der Waals surface area contributed by atoms with Crippen LogP contribution in [0.1, 0.15) is 41.6 Å². The third kappa shape index (κ3) is 3.47. The highest BCUT2D eigenvalue weighted by atomic mass is 16.3. The van der Waals surface area contributed by atoms with Crippen LogP contribution >= 0.6 is 0 Å². The molecule has 1 aromatic carbocycles. The van der Waals surface area contributed by atoms with E-state index in [1.165, 1.54) is 0 Å². The summed E-state index contributed by atoms with van der Waals surface area (Å²) >= 11 is 0. The Kier molecular flexibility index (Phi) is 4.43. The van der Waals surface area contributed by atoms with E-state index in [9.17, 15) is 15.0 Å². The lowest BCUT2D eigenvalue weighted by Gasteiger charge is -2.26. The van der Waals surface area contributed by atoms with Crippen LogP contribution in [-0.2, 0) is 0 Å². The summed E-state index contributed by atoms with van der Waals surface area (Å²) in [5, 5.41) is 22.1. The highest BCUT2D eigenvalue weighted by molar-refractivity contribution is 5.96. The number of phenols is 1. The standard InChI is InChI=1S/C15H21NO3/c1-10-13(6-3-7-14(10)18)15(19)16-9-11-4-2-5-12(17)8-11/h3,6-7,11-12,17-18H,2,4-5,8-9H2,1H3,(H,16,19). The number of benzene rings is 1. The van der Waals surface area contributed by atoms with Crippen LogP contribution in [0.3, 0.4) is 0 Å². The van der Waals surface area contributed by atoms with Gasteiger partial charge in [0.25, 0.3) is 5.91 Å². The van der Waals surface area contributed by atoms with Gasteiger partial charge in [0.1, 0.15) is 5.75 Å². The number of hydrogen-bond acceptors (Lipinski definition) is 3. The monoisotopic (exact) mass is 263 g/mol. The molecule has 0 saturated heterocycles. The SMILES string of the molecule is Cc1c(O)cccc1C(=O)NCC1CCCC(O)C1. The van der Waals surface area contributed by atoms with Crippen LogP contribution in [0.25, 0.3) is 0 Å². The van der Waals surface area contributed by atoms with E-state index < -0.39 is 0 Å². The molecule has 1 aromatic rings. The Morgan fingerprint density at radius 2 is 2.21 bits per heavy atom. The summed E-state index contributed by atoms with van der Waals surface area (Å²) in [5.41, 5.74) is 1.11. The Bertz CT molecular complexity index is 459. The van der Waals surface area contributed by atoms with Crippen molar-refractivity contribution in [3.05, 3.63) is 29.3 Å². The fourth-order valence-electron chi connectivity index (χ4n) is 2.65. The minimum Gasteiger partial charge on any atom is -0.508 e. The first kappa shape index (κ1) is 13.9. The minimum absolute atomic E-state index is 0.140. The van der Waals surface area contributed by atoms with Gasteiger partial charge in [-0.1, -0.05) is 12.5 Å². The molecule has 2 unspecified atom stereocenters. The summed E-state index contributed by atoms with van der Waals surface area (Å²) in [4.78, 5) is 12.1. The predicted molar refractivity (Wildman–Crippen MR) is 73.1 cm³/mol. The van der Waals surface area contributed by atoms with Crippen molar-refractivity contribution >= 4 is 5.91 Å². The number of aromatic hydroxyl groups is 1. The number of aliphatic hydroxyl groups excluding tert-OH is 1. The van der Waals surface area contributed by atoms with E-state index >= 15 is 0 Å². The van der Waals surface area contributed by atoms with Crippen molar-refractivity contribution in [2.75, 3.05) is 6.54 Å². The normalized spacial score (nSPS) is 23.1. The van der Waals surface area contributed by atoms with E-state index in [-0.39, 0.29) is 17.8 Å². The quantitative estimate of drug-likeness (QED) is 0.781. The van der Waals surface area contributed by atoms with Crippen LogP contribution in [-0.4, -0.2) is 28.8 Å². The first-order valence-corrected chi connectivity index (χ1v) is 6.82. The molecule has 2 atom stereocenters. The smallest absolute Gasteiger partial charge is 0.251 e. The number of carbonyl (C=O) groups excluding carboxylic acids is 1. The van der Waals surface area contributed by atoms with Crippen LogP contribution in [0, 0.1) is 12.8 Å². The molecule has 1 aliphatic carbocycles. The molecule has 0 spiro atoms. The van der Waals surface area contributed by atoms with Crippen LogP contribution < -0.4 is 5.32 Å². The van der Waals surface area contributed by atoms with Gasteiger partial charge in [0, 0.05) is 17.7 Å². The first-order valence-electron chi connectivity index (χ1n) is 6.82. The number of phenolic OH excluding ortho intramolecular Hbond substituents is 1. The molecule has 1 saturated carbocycles. The molecule has 0 aromatic heterocycles. The van der Waals surface area contributed by atoms with Crippen molar-refractivity contribution in [2.24, 2.45) is 5.92 Å². The lowest BCUT2D eigenvalue weighted by molar-refractivity contribution is 0.0873. The van der Waals surface area contributed by atoms with Gasteiger partial charge in [0.15, 0.2) is 0 Å². The first-order chi connectivity index (χ1) is 9.08. The van der Waals surface area contributed by atoms with E-state index in [2.05, 4.69) is 5.32 Å². The fourth-order valence-corrected chi connectivity index (χ4v) is 2.65. The van der Waals surface area contributed by atoms with Gasteiger partial charge < -0.3 is 15.5 Å². The molecule has 4 nitrogen and oxygen atoms in total. The van der Waals surface area contributed by atoms with Gasteiger partial charge in [0.2, 0.25) is 0 Å². The average Bonchev–Trinajstić information content (AvgIpc) is 2.39. The zero-order valence-electron chi connectivity index (χ0n) is 11.2. The molecule has 0 radical (unpaired) electrons. The molecular formula is C15H21NO3. The Labute approximate surface area is 113 Å². The maximum absolute atomic E-state index is 12.1. The molecule has 1 amide bonds. The maximum Gasteiger partial charge on any atom is 0.251 e. The summed E-state index contributed by atoms with van der Waals surface area (Å²) in [7, 11) is 0. The van der Waals surface area contributed by atoms with E-state index in [1.54, 1.807) is 25.1 Å². The third-order valence-electron chi connectivity index (χ3n) is 3.86. The Balaban J connectivity index is 1.92. The number of rotatable bonds is 3. The molecule has 0 aliphatic heterocycles. The summed E-state index contributed by atoms with van der Waals surface area (Å²) < 4.78 is 0. The number of aliphatic hydroxyl groups is 1. The molecule has 0 bridgehead atoms. The van der Waals surface area contributed by atoms with Crippen molar-refractivity contribution in [1.82, 2.24) is 5.32 Å². The Morgan fingerprint density at radius 1 is 1.42 bits per heavy atom. The number of carbonyl (C=O) groups is 1. The molecule has 19 heavy (non-hydrogen) atoms. The molecule has 1 fully saturated rings. The van der Waals surface area contributed by atoms with Crippen molar-refractivity contribution in [3.8, 4) is 5.75 Å².